The molecule has 1 aliphatic rings. The van der Waals surface area contributed by atoms with Crippen LogP contribution in [0.1, 0.15) is 12.0 Å². The highest BCUT2D eigenvalue weighted by Gasteiger charge is 2.20. The summed E-state index contributed by atoms with van der Waals surface area (Å²) in [4.78, 5) is 17.4. The highest BCUT2D eigenvalue weighted by atomic mass is 32.2. The van der Waals surface area contributed by atoms with Crippen molar-refractivity contribution >= 4 is 26.8 Å². The number of ether oxygens (including phenoxy) is 2. The Morgan fingerprint density at radius 2 is 1.86 bits per heavy atom. The van der Waals surface area contributed by atoms with E-state index < -0.39 is 15.9 Å². The van der Waals surface area contributed by atoms with Crippen molar-refractivity contribution < 1.29 is 22.7 Å². The van der Waals surface area contributed by atoms with Gasteiger partial charge in [0.15, 0.2) is 11.5 Å². The van der Waals surface area contributed by atoms with Crippen molar-refractivity contribution in [3.05, 3.63) is 54.2 Å². The van der Waals surface area contributed by atoms with Crippen LogP contribution in [0, 0.1) is 0 Å². The normalized spacial score (nSPS) is 13.9. The number of para-hydroxylation sites is 1. The Labute approximate surface area is 161 Å². The summed E-state index contributed by atoms with van der Waals surface area (Å²) in [7, 11) is -3.95. The summed E-state index contributed by atoms with van der Waals surface area (Å²) in [6.45, 7) is 0.965. The Morgan fingerprint density at radius 1 is 1.07 bits per heavy atom. The van der Waals surface area contributed by atoms with Crippen molar-refractivity contribution in [2.75, 3.05) is 13.2 Å². The van der Waals surface area contributed by atoms with Crippen molar-refractivity contribution in [2.24, 2.45) is 0 Å². The largest absolute Gasteiger partial charge is 0.490 e. The topological polar surface area (TPSA) is 110 Å². The Hall–Kier alpha value is -3.04. The molecule has 9 heteroatoms. The van der Waals surface area contributed by atoms with Crippen LogP contribution in [-0.2, 0) is 21.2 Å². The lowest BCUT2D eigenvalue weighted by atomic mass is 10.1. The van der Waals surface area contributed by atoms with E-state index in [0.717, 1.165) is 22.9 Å². The first-order chi connectivity index (χ1) is 13.5. The van der Waals surface area contributed by atoms with Crippen LogP contribution in [0.15, 0.2) is 53.6 Å². The Kier molecular flexibility index (Phi) is 4.93. The fraction of sp³-hybridized carbons (Fsp3) is 0.211. The molecule has 1 amide bonds. The molecule has 2 heterocycles. The number of nitrogens with one attached hydrogen (secondary N) is 3. The molecule has 0 atom stereocenters. The number of sulfonamides is 1. The summed E-state index contributed by atoms with van der Waals surface area (Å²) in [5, 5.41) is 0.920. The number of amides is 1. The number of rotatable bonds is 5. The number of carbonyl (C=O) groups is 1. The summed E-state index contributed by atoms with van der Waals surface area (Å²) < 4.78 is 36.0. The molecule has 0 spiro atoms. The van der Waals surface area contributed by atoms with Crippen molar-refractivity contribution in [3.63, 3.8) is 0 Å². The van der Waals surface area contributed by atoms with Crippen LogP contribution in [0.25, 0.3) is 10.9 Å². The molecule has 8 nitrogen and oxygen atoms in total. The minimum Gasteiger partial charge on any atom is -0.490 e. The van der Waals surface area contributed by atoms with Crippen molar-refractivity contribution in [1.82, 2.24) is 15.2 Å². The van der Waals surface area contributed by atoms with Gasteiger partial charge in [-0.1, -0.05) is 18.2 Å². The van der Waals surface area contributed by atoms with Gasteiger partial charge in [0.1, 0.15) is 0 Å². The molecule has 0 bridgehead atoms. The van der Waals surface area contributed by atoms with E-state index in [1.807, 2.05) is 24.3 Å². The van der Waals surface area contributed by atoms with E-state index in [9.17, 15) is 13.2 Å². The van der Waals surface area contributed by atoms with Gasteiger partial charge in [-0.3, -0.25) is 10.2 Å². The van der Waals surface area contributed by atoms with Crippen molar-refractivity contribution in [3.8, 4) is 11.5 Å². The molecule has 2 aromatic carbocycles. The molecule has 4 rings (SSSR count). The molecule has 1 aromatic heterocycles. The number of hydrogen-bond acceptors (Lipinski definition) is 5. The van der Waals surface area contributed by atoms with Crippen LogP contribution >= 0.6 is 0 Å². The van der Waals surface area contributed by atoms with Gasteiger partial charge in [-0.15, -0.1) is 4.83 Å². The van der Waals surface area contributed by atoms with Crippen LogP contribution in [0.2, 0.25) is 0 Å². The summed E-state index contributed by atoms with van der Waals surface area (Å²) in [6.07, 6.45) is 2.50. The SMILES string of the molecule is O=C(Cc1c[nH]c2ccccc12)NNS(=O)(=O)c1ccc2c(c1)OCCCO2. The molecule has 0 unspecified atom stereocenters. The average molecular weight is 401 g/mol. The average Bonchev–Trinajstić information content (AvgIpc) is 2.94. The Balaban J connectivity index is 1.43. The molecule has 0 aliphatic carbocycles. The third-order valence-electron chi connectivity index (χ3n) is 4.38. The number of carbonyl (C=O) groups excluding carboxylic acids is 1. The fourth-order valence-corrected chi connectivity index (χ4v) is 3.86. The second-order valence-electron chi connectivity index (χ2n) is 6.35. The van der Waals surface area contributed by atoms with Gasteiger partial charge >= 0.3 is 0 Å². The summed E-state index contributed by atoms with van der Waals surface area (Å²) in [6, 6.07) is 11.9. The van der Waals surface area contributed by atoms with Crippen molar-refractivity contribution in [2.45, 2.75) is 17.7 Å². The predicted octanol–water partition coefficient (Wildman–Crippen LogP) is 1.88. The first kappa shape index (κ1) is 18.3. The van der Waals surface area contributed by atoms with Gasteiger partial charge < -0.3 is 14.5 Å². The van der Waals surface area contributed by atoms with E-state index in [4.69, 9.17) is 9.47 Å². The van der Waals surface area contributed by atoms with Gasteiger partial charge in [-0.2, -0.15) is 0 Å². The molecule has 0 saturated heterocycles. The number of aromatic nitrogens is 1. The molecule has 1 aliphatic heterocycles. The first-order valence-corrected chi connectivity index (χ1v) is 10.3. The number of benzene rings is 2. The zero-order chi connectivity index (χ0) is 19.6. The first-order valence-electron chi connectivity index (χ1n) is 8.78. The molecule has 3 N–H and O–H groups in total. The maximum Gasteiger partial charge on any atom is 0.257 e. The second kappa shape index (κ2) is 7.53. The van der Waals surface area contributed by atoms with Gasteiger partial charge in [-0.25, -0.2) is 8.42 Å². The summed E-state index contributed by atoms with van der Waals surface area (Å²) >= 11 is 0. The number of hydrogen-bond donors (Lipinski definition) is 3. The van der Waals surface area contributed by atoms with E-state index in [1.165, 1.54) is 12.1 Å². The maximum absolute atomic E-state index is 12.5. The summed E-state index contributed by atoms with van der Waals surface area (Å²) in [5.41, 5.74) is 3.95. The Bertz CT molecular complexity index is 1120. The number of fused-ring (bicyclic) bond motifs is 2. The predicted molar refractivity (Wildman–Crippen MR) is 103 cm³/mol. The van der Waals surface area contributed by atoms with Gasteiger partial charge in [-0.05, 0) is 23.8 Å². The smallest absolute Gasteiger partial charge is 0.257 e. The molecule has 0 radical (unpaired) electrons. The monoisotopic (exact) mass is 401 g/mol. The van der Waals surface area contributed by atoms with E-state index in [0.29, 0.717) is 24.7 Å². The van der Waals surface area contributed by atoms with Gasteiger partial charge in [0.05, 0.1) is 24.5 Å². The number of aromatic amines is 1. The Morgan fingerprint density at radius 3 is 2.71 bits per heavy atom. The van der Waals surface area contributed by atoms with Crippen LogP contribution in [-0.4, -0.2) is 32.5 Å². The third kappa shape index (κ3) is 3.80. The van der Waals surface area contributed by atoms with E-state index in [-0.39, 0.29) is 11.3 Å². The lowest BCUT2D eigenvalue weighted by Crippen LogP contribution is -2.42. The quantitative estimate of drug-likeness (QED) is 0.566. The fourth-order valence-electron chi connectivity index (χ4n) is 2.99. The van der Waals surface area contributed by atoms with Gasteiger partial charge in [0, 0.05) is 29.6 Å². The van der Waals surface area contributed by atoms with Gasteiger partial charge in [0.2, 0.25) is 5.91 Å². The summed E-state index contributed by atoms with van der Waals surface area (Å²) in [5.74, 6) is 0.396. The molecule has 28 heavy (non-hydrogen) atoms. The lowest BCUT2D eigenvalue weighted by Gasteiger charge is -2.11. The zero-order valence-corrected chi connectivity index (χ0v) is 15.7. The van der Waals surface area contributed by atoms with E-state index in [2.05, 4.69) is 15.2 Å². The zero-order valence-electron chi connectivity index (χ0n) is 14.9. The maximum atomic E-state index is 12.5. The number of hydrazine groups is 1. The molecule has 0 saturated carbocycles. The van der Waals surface area contributed by atoms with E-state index >= 15 is 0 Å². The van der Waals surface area contributed by atoms with Crippen molar-refractivity contribution in [1.29, 1.82) is 0 Å². The minimum absolute atomic E-state index is 0.0239. The highest BCUT2D eigenvalue weighted by molar-refractivity contribution is 7.89. The highest BCUT2D eigenvalue weighted by Crippen LogP contribution is 2.31. The van der Waals surface area contributed by atoms with Crippen LogP contribution < -0.4 is 19.7 Å². The van der Waals surface area contributed by atoms with Crippen LogP contribution in [0.4, 0.5) is 0 Å². The lowest BCUT2D eigenvalue weighted by molar-refractivity contribution is -0.120. The molecule has 3 aromatic rings. The molecule has 146 valence electrons. The standard InChI is InChI=1S/C19H19N3O5S/c23-19(10-13-12-20-16-5-2-1-4-15(13)16)21-22-28(24,25)14-6-7-17-18(11-14)27-9-3-8-26-17/h1-2,4-7,11-12,20,22H,3,8-10H2,(H,21,23). The number of H-pyrrole nitrogens is 1. The van der Waals surface area contributed by atoms with E-state index in [1.54, 1.807) is 12.3 Å². The minimum atomic E-state index is -3.95. The van der Waals surface area contributed by atoms with Crippen LogP contribution in [0.5, 0.6) is 11.5 Å². The van der Waals surface area contributed by atoms with Crippen LogP contribution in [0.3, 0.4) is 0 Å². The molecular formula is C19H19N3O5S. The third-order valence-corrected chi connectivity index (χ3v) is 5.63. The molecule has 0 fully saturated rings. The molecular weight excluding hydrogens is 382 g/mol. The van der Waals surface area contributed by atoms with Gasteiger partial charge in [0.25, 0.3) is 10.0 Å². The second-order valence-corrected chi connectivity index (χ2v) is 8.03.